The molecule has 0 bridgehead atoms. The summed E-state index contributed by atoms with van der Waals surface area (Å²) >= 11 is 0. The average molecular weight is 341 g/mol. The van der Waals surface area contributed by atoms with Gasteiger partial charge in [-0.2, -0.15) is 0 Å². The highest BCUT2D eigenvalue weighted by molar-refractivity contribution is 5.75. The van der Waals surface area contributed by atoms with Crippen LogP contribution < -0.4 is 14.8 Å². The molecule has 1 N–H and O–H groups in total. The van der Waals surface area contributed by atoms with Gasteiger partial charge < -0.3 is 14.8 Å². The molecule has 0 aliphatic heterocycles. The summed E-state index contributed by atoms with van der Waals surface area (Å²) in [5.74, 6) is 2.16. The van der Waals surface area contributed by atoms with E-state index in [4.69, 9.17) is 9.47 Å². The lowest BCUT2D eigenvalue weighted by molar-refractivity contribution is -0.121. The van der Waals surface area contributed by atoms with Gasteiger partial charge in [-0.25, -0.2) is 0 Å². The van der Waals surface area contributed by atoms with Crippen LogP contribution in [0.3, 0.4) is 0 Å². The van der Waals surface area contributed by atoms with Gasteiger partial charge in [-0.3, -0.25) is 4.79 Å². The minimum absolute atomic E-state index is 0.0254. The summed E-state index contributed by atoms with van der Waals surface area (Å²) in [6, 6.07) is 17.6. The molecule has 0 saturated heterocycles. The molecule has 4 nitrogen and oxygen atoms in total. The number of para-hydroxylation sites is 2. The Labute approximate surface area is 150 Å². The molecule has 0 radical (unpaired) electrons. The predicted molar refractivity (Wildman–Crippen MR) is 100 cm³/mol. The molecule has 2 aromatic carbocycles. The van der Waals surface area contributed by atoms with Crippen molar-refractivity contribution >= 4 is 5.91 Å². The number of carbonyl (C=O) groups is 1. The third kappa shape index (κ3) is 6.87. The number of carbonyl (C=O) groups excluding carboxylic acids is 1. The summed E-state index contributed by atoms with van der Waals surface area (Å²) in [7, 11) is 0. The number of benzene rings is 2. The van der Waals surface area contributed by atoms with Crippen LogP contribution in [0.15, 0.2) is 54.6 Å². The summed E-state index contributed by atoms with van der Waals surface area (Å²) in [5, 5.41) is 2.88. The van der Waals surface area contributed by atoms with E-state index >= 15 is 0 Å². The number of amides is 1. The van der Waals surface area contributed by atoms with Gasteiger partial charge in [0, 0.05) is 6.42 Å². The highest BCUT2D eigenvalue weighted by Crippen LogP contribution is 2.25. The molecule has 0 heterocycles. The molecule has 0 aliphatic rings. The van der Waals surface area contributed by atoms with E-state index in [0.29, 0.717) is 38.5 Å². The van der Waals surface area contributed by atoms with E-state index in [0.717, 1.165) is 11.5 Å². The maximum absolute atomic E-state index is 11.8. The second-order valence-electron chi connectivity index (χ2n) is 6.16. The number of hydrogen-bond donors (Lipinski definition) is 1. The highest BCUT2D eigenvalue weighted by Gasteiger charge is 2.07. The quantitative estimate of drug-likeness (QED) is 0.660. The van der Waals surface area contributed by atoms with Crippen molar-refractivity contribution < 1.29 is 14.3 Å². The van der Waals surface area contributed by atoms with Crippen molar-refractivity contribution in [2.45, 2.75) is 32.6 Å². The molecule has 0 fully saturated rings. The Hall–Kier alpha value is -2.49. The van der Waals surface area contributed by atoms with Crippen LogP contribution in [-0.4, -0.2) is 25.7 Å². The maximum Gasteiger partial charge on any atom is 0.220 e. The van der Waals surface area contributed by atoms with Crippen LogP contribution >= 0.6 is 0 Å². The molecule has 0 spiro atoms. The third-order valence-electron chi connectivity index (χ3n) is 3.78. The Morgan fingerprint density at radius 2 is 1.68 bits per heavy atom. The fraction of sp³-hybridized carbons (Fsp3) is 0.381. The molecule has 25 heavy (non-hydrogen) atoms. The van der Waals surface area contributed by atoms with Gasteiger partial charge in [-0.15, -0.1) is 0 Å². The lowest BCUT2D eigenvalue weighted by Gasteiger charge is -2.14. The molecule has 0 atom stereocenters. The van der Waals surface area contributed by atoms with Crippen molar-refractivity contribution in [2.75, 3.05) is 19.8 Å². The van der Waals surface area contributed by atoms with Gasteiger partial charge in [0.25, 0.3) is 0 Å². The maximum atomic E-state index is 11.8. The fourth-order valence-electron chi connectivity index (χ4n) is 2.47. The molecular weight excluding hydrogens is 314 g/mol. The molecule has 2 aromatic rings. The second kappa shape index (κ2) is 10.4. The van der Waals surface area contributed by atoms with E-state index in [1.807, 2.05) is 48.5 Å². The van der Waals surface area contributed by atoms with E-state index in [1.165, 1.54) is 5.56 Å². The number of rotatable bonds is 10. The Morgan fingerprint density at radius 3 is 2.44 bits per heavy atom. The molecule has 1 amide bonds. The molecule has 4 heteroatoms. The van der Waals surface area contributed by atoms with Crippen molar-refractivity contribution in [3.8, 4) is 11.5 Å². The Bertz CT molecular complexity index is 641. The molecule has 0 saturated carbocycles. The summed E-state index contributed by atoms with van der Waals surface area (Å²) < 4.78 is 11.4. The Kier molecular flexibility index (Phi) is 7.83. The lowest BCUT2D eigenvalue weighted by atomic mass is 10.0. The zero-order valence-electron chi connectivity index (χ0n) is 15.0. The predicted octanol–water partition coefficient (Wildman–Crippen LogP) is 4.16. The molecule has 0 unspecified atom stereocenters. The first-order valence-corrected chi connectivity index (χ1v) is 8.83. The zero-order valence-corrected chi connectivity index (χ0v) is 15.0. The summed E-state index contributed by atoms with van der Waals surface area (Å²) in [6.07, 6.45) is 1.15. The van der Waals surface area contributed by atoms with Crippen molar-refractivity contribution in [3.05, 3.63) is 60.2 Å². The third-order valence-corrected chi connectivity index (χ3v) is 3.78. The number of ether oxygens (including phenoxy) is 2. The van der Waals surface area contributed by atoms with Crippen molar-refractivity contribution in [1.82, 2.24) is 5.32 Å². The van der Waals surface area contributed by atoms with Crippen LogP contribution in [0.5, 0.6) is 11.5 Å². The van der Waals surface area contributed by atoms with Crippen molar-refractivity contribution in [1.29, 1.82) is 0 Å². The monoisotopic (exact) mass is 341 g/mol. The van der Waals surface area contributed by atoms with E-state index in [-0.39, 0.29) is 5.91 Å². The van der Waals surface area contributed by atoms with E-state index in [1.54, 1.807) is 0 Å². The Balaban J connectivity index is 1.58. The van der Waals surface area contributed by atoms with E-state index in [9.17, 15) is 4.79 Å². The molecule has 134 valence electrons. The standard InChI is InChI=1S/C21H27NO3/c1-17(2)19-11-6-7-12-20(19)25-16-14-22-21(23)13-8-15-24-18-9-4-3-5-10-18/h3-7,9-12,17H,8,13-16H2,1-2H3,(H,22,23). The van der Waals surface area contributed by atoms with Crippen LogP contribution in [0, 0.1) is 0 Å². The van der Waals surface area contributed by atoms with Crippen molar-refractivity contribution in [3.63, 3.8) is 0 Å². The van der Waals surface area contributed by atoms with Gasteiger partial charge in [0.2, 0.25) is 5.91 Å². The summed E-state index contributed by atoms with van der Waals surface area (Å²) in [5.41, 5.74) is 1.19. The summed E-state index contributed by atoms with van der Waals surface area (Å²) in [4.78, 5) is 11.8. The van der Waals surface area contributed by atoms with Crippen molar-refractivity contribution in [2.24, 2.45) is 0 Å². The molecule has 0 aliphatic carbocycles. The first-order valence-electron chi connectivity index (χ1n) is 8.83. The SMILES string of the molecule is CC(C)c1ccccc1OCCNC(=O)CCCOc1ccccc1. The Morgan fingerprint density at radius 1 is 0.960 bits per heavy atom. The zero-order chi connectivity index (χ0) is 17.9. The molecule has 0 aromatic heterocycles. The molecular formula is C21H27NO3. The normalized spacial score (nSPS) is 10.5. The topological polar surface area (TPSA) is 47.6 Å². The number of hydrogen-bond acceptors (Lipinski definition) is 3. The minimum atomic E-state index is 0.0254. The highest BCUT2D eigenvalue weighted by atomic mass is 16.5. The van der Waals surface area contributed by atoms with Gasteiger partial charge in [0.1, 0.15) is 18.1 Å². The minimum Gasteiger partial charge on any atom is -0.494 e. The number of nitrogens with one attached hydrogen (secondary N) is 1. The first kappa shape index (κ1) is 18.8. The average Bonchev–Trinajstić information content (AvgIpc) is 2.63. The largest absolute Gasteiger partial charge is 0.494 e. The van der Waals surface area contributed by atoms with Crippen LogP contribution in [0.4, 0.5) is 0 Å². The van der Waals surface area contributed by atoms with Gasteiger partial charge in [-0.05, 0) is 36.1 Å². The first-order chi connectivity index (χ1) is 12.2. The smallest absolute Gasteiger partial charge is 0.220 e. The summed E-state index contributed by atoms with van der Waals surface area (Å²) in [6.45, 7) is 5.79. The van der Waals surface area contributed by atoms with Gasteiger partial charge in [0.05, 0.1) is 13.2 Å². The second-order valence-corrected chi connectivity index (χ2v) is 6.16. The van der Waals surface area contributed by atoms with Gasteiger partial charge in [-0.1, -0.05) is 50.2 Å². The lowest BCUT2D eigenvalue weighted by Crippen LogP contribution is -2.28. The van der Waals surface area contributed by atoms with E-state index in [2.05, 4.69) is 25.2 Å². The van der Waals surface area contributed by atoms with Crippen LogP contribution in [0.1, 0.15) is 38.2 Å². The fourth-order valence-corrected chi connectivity index (χ4v) is 2.47. The van der Waals surface area contributed by atoms with Gasteiger partial charge >= 0.3 is 0 Å². The van der Waals surface area contributed by atoms with Crippen LogP contribution in [0.2, 0.25) is 0 Å². The van der Waals surface area contributed by atoms with Gasteiger partial charge in [0.15, 0.2) is 0 Å². The van der Waals surface area contributed by atoms with Crippen LogP contribution in [-0.2, 0) is 4.79 Å². The van der Waals surface area contributed by atoms with Crippen LogP contribution in [0.25, 0.3) is 0 Å². The van der Waals surface area contributed by atoms with E-state index < -0.39 is 0 Å². The molecule has 2 rings (SSSR count).